The van der Waals surface area contributed by atoms with Crippen molar-refractivity contribution in [2.45, 2.75) is 69.9 Å². The Bertz CT molecular complexity index is 740. The largest absolute Gasteiger partial charge is 0.497 e. The van der Waals surface area contributed by atoms with Gasteiger partial charge in [-0.05, 0) is 75.1 Å². The van der Waals surface area contributed by atoms with E-state index in [-0.39, 0.29) is 11.9 Å². The van der Waals surface area contributed by atoms with Crippen molar-refractivity contribution < 1.29 is 19.2 Å². The molecule has 6 nitrogen and oxygen atoms in total. The topological polar surface area (TPSA) is 63.1 Å². The molecule has 6 heteroatoms. The number of urea groups is 1. The fourth-order valence-corrected chi connectivity index (χ4v) is 5.30. The Labute approximate surface area is 173 Å². The lowest BCUT2D eigenvalue weighted by Crippen LogP contribution is -3.13. The first-order chi connectivity index (χ1) is 14.0. The molecule has 2 N–H and O–H groups in total. The Morgan fingerprint density at radius 3 is 2.52 bits per heavy atom. The van der Waals surface area contributed by atoms with Crippen LogP contribution in [0.25, 0.3) is 0 Å². The minimum Gasteiger partial charge on any atom is -0.497 e. The zero-order valence-corrected chi connectivity index (χ0v) is 17.7. The summed E-state index contributed by atoms with van der Waals surface area (Å²) in [4.78, 5) is 28.9. The average molecular weight is 401 g/mol. The van der Waals surface area contributed by atoms with Crippen LogP contribution in [0.3, 0.4) is 0 Å². The van der Waals surface area contributed by atoms with Crippen LogP contribution < -0.4 is 15.0 Å². The van der Waals surface area contributed by atoms with E-state index in [4.69, 9.17) is 4.74 Å². The van der Waals surface area contributed by atoms with E-state index in [9.17, 15) is 9.59 Å². The van der Waals surface area contributed by atoms with Gasteiger partial charge in [0.05, 0.1) is 13.7 Å². The molecule has 158 valence electrons. The van der Waals surface area contributed by atoms with Gasteiger partial charge in [0.25, 0.3) is 5.91 Å². The molecule has 3 amide bonds. The third kappa shape index (κ3) is 4.00. The molecule has 1 aromatic carbocycles. The predicted octanol–water partition coefficient (Wildman–Crippen LogP) is 2.65. The van der Waals surface area contributed by atoms with E-state index in [0.29, 0.717) is 18.6 Å². The van der Waals surface area contributed by atoms with Crippen molar-refractivity contribution in [2.75, 3.05) is 20.3 Å². The van der Waals surface area contributed by atoms with Gasteiger partial charge in [-0.25, -0.2) is 9.69 Å². The lowest BCUT2D eigenvalue weighted by atomic mass is 9.77. The first-order valence-electron chi connectivity index (χ1n) is 11.1. The average Bonchev–Trinajstić information content (AvgIpc) is 2.89. The molecule has 0 bridgehead atoms. The number of hydrogen-bond donors (Lipinski definition) is 2. The quantitative estimate of drug-likeness (QED) is 0.764. The number of benzene rings is 1. The fourth-order valence-electron chi connectivity index (χ4n) is 5.30. The first-order valence-corrected chi connectivity index (χ1v) is 11.1. The zero-order chi connectivity index (χ0) is 20.4. The fraction of sp³-hybridized carbons (Fsp3) is 0.652. The molecule has 2 saturated heterocycles. The van der Waals surface area contributed by atoms with Gasteiger partial charge in [0.2, 0.25) is 0 Å². The smallest absolute Gasteiger partial charge is 0.329 e. The highest BCUT2D eigenvalue weighted by Crippen LogP contribution is 2.36. The highest BCUT2D eigenvalue weighted by molar-refractivity contribution is 6.06. The number of hydrogen-bond acceptors (Lipinski definition) is 3. The molecule has 1 unspecified atom stereocenters. The van der Waals surface area contributed by atoms with Crippen LogP contribution in [0.1, 0.15) is 69.9 Å². The minimum atomic E-state index is -0.648. The highest BCUT2D eigenvalue weighted by Gasteiger charge is 2.53. The Morgan fingerprint density at radius 2 is 1.83 bits per heavy atom. The van der Waals surface area contributed by atoms with E-state index in [1.165, 1.54) is 28.2 Å². The summed E-state index contributed by atoms with van der Waals surface area (Å²) in [5.74, 6) is 1.49. The lowest BCUT2D eigenvalue weighted by Gasteiger charge is -2.34. The van der Waals surface area contributed by atoms with Crippen molar-refractivity contribution in [3.8, 4) is 5.75 Å². The van der Waals surface area contributed by atoms with Gasteiger partial charge in [0, 0.05) is 12.0 Å². The summed E-state index contributed by atoms with van der Waals surface area (Å²) in [6.45, 7) is 3.67. The molecule has 1 saturated carbocycles. The number of imide groups is 1. The highest BCUT2D eigenvalue weighted by atomic mass is 16.5. The van der Waals surface area contributed by atoms with Crippen LogP contribution in [0.15, 0.2) is 24.3 Å². The van der Waals surface area contributed by atoms with Crippen LogP contribution in [0.2, 0.25) is 0 Å². The number of ether oxygens (including phenoxy) is 1. The third-order valence-corrected chi connectivity index (χ3v) is 7.24. The van der Waals surface area contributed by atoms with Crippen LogP contribution in [-0.2, 0) is 4.79 Å². The Hall–Kier alpha value is -2.08. The van der Waals surface area contributed by atoms with Crippen molar-refractivity contribution in [1.82, 2.24) is 10.2 Å². The van der Waals surface area contributed by atoms with Crippen LogP contribution in [0, 0.1) is 5.92 Å². The molecular weight excluding hydrogens is 366 g/mol. The maximum atomic E-state index is 13.3. The van der Waals surface area contributed by atoms with Gasteiger partial charge in [-0.3, -0.25) is 4.79 Å². The van der Waals surface area contributed by atoms with Crippen LogP contribution in [-0.4, -0.2) is 42.7 Å². The summed E-state index contributed by atoms with van der Waals surface area (Å²) in [6, 6.07) is 8.37. The molecule has 2 heterocycles. The van der Waals surface area contributed by atoms with Gasteiger partial charge in [0.15, 0.2) is 6.67 Å². The maximum absolute atomic E-state index is 13.3. The minimum absolute atomic E-state index is 0.000345. The normalized spacial score (nSPS) is 32.9. The Kier molecular flexibility index (Phi) is 5.81. The molecule has 29 heavy (non-hydrogen) atoms. The summed E-state index contributed by atoms with van der Waals surface area (Å²) < 4.78 is 5.30. The molecule has 4 rings (SSSR count). The van der Waals surface area contributed by atoms with E-state index in [1.54, 1.807) is 7.11 Å². The monoisotopic (exact) mass is 400 g/mol. The number of quaternary nitrogens is 1. The second-order valence-electron chi connectivity index (χ2n) is 9.17. The van der Waals surface area contributed by atoms with Crippen molar-refractivity contribution in [3.63, 3.8) is 0 Å². The zero-order valence-electron chi connectivity index (χ0n) is 17.7. The maximum Gasteiger partial charge on any atom is 0.329 e. The van der Waals surface area contributed by atoms with E-state index in [2.05, 4.69) is 24.4 Å². The number of nitrogens with zero attached hydrogens (tertiary/aromatic N) is 1. The molecule has 1 aliphatic carbocycles. The van der Waals surface area contributed by atoms with Gasteiger partial charge in [-0.2, -0.15) is 0 Å². The number of methoxy groups -OCH3 is 1. The summed E-state index contributed by atoms with van der Waals surface area (Å²) in [7, 11) is 1.68. The molecule has 3 fully saturated rings. The molecule has 0 aromatic heterocycles. The Balaban J connectivity index is 1.52. The molecule has 1 aromatic rings. The summed E-state index contributed by atoms with van der Waals surface area (Å²) >= 11 is 0. The summed E-state index contributed by atoms with van der Waals surface area (Å²) in [5, 5.41) is 3.07. The van der Waals surface area contributed by atoms with E-state index in [1.807, 2.05) is 12.1 Å². The standard InChI is InChI=1S/C23H33N3O3/c1-17-11-13-23(14-12-17)21(27)26(22(28)24-23)16-25-15-5-3-4-6-20(25)18-7-9-19(29-2)10-8-18/h7-10,17,20H,3-6,11-16H2,1-2H3,(H,24,28)/p+1/t17?,20-,23?/m0/s1. The number of carbonyl (C=O) groups is 2. The van der Waals surface area contributed by atoms with Crippen molar-refractivity contribution in [1.29, 1.82) is 0 Å². The van der Waals surface area contributed by atoms with Gasteiger partial charge < -0.3 is 15.0 Å². The van der Waals surface area contributed by atoms with Crippen molar-refractivity contribution in [2.24, 2.45) is 5.92 Å². The van der Waals surface area contributed by atoms with E-state index in [0.717, 1.165) is 50.8 Å². The number of amides is 3. The van der Waals surface area contributed by atoms with Crippen LogP contribution >= 0.6 is 0 Å². The third-order valence-electron chi connectivity index (χ3n) is 7.24. The Morgan fingerprint density at radius 1 is 1.10 bits per heavy atom. The number of carbonyl (C=O) groups excluding carboxylic acids is 2. The summed E-state index contributed by atoms with van der Waals surface area (Å²) in [5.41, 5.74) is 0.612. The number of rotatable bonds is 4. The molecule has 2 atom stereocenters. The number of likely N-dealkylation sites (tertiary alicyclic amines) is 1. The van der Waals surface area contributed by atoms with Gasteiger partial charge in [-0.1, -0.05) is 6.92 Å². The van der Waals surface area contributed by atoms with E-state index < -0.39 is 5.54 Å². The first kappa shape index (κ1) is 20.2. The van der Waals surface area contributed by atoms with Crippen molar-refractivity contribution in [3.05, 3.63) is 29.8 Å². The van der Waals surface area contributed by atoms with E-state index >= 15 is 0 Å². The van der Waals surface area contributed by atoms with Gasteiger partial charge >= 0.3 is 6.03 Å². The van der Waals surface area contributed by atoms with Crippen molar-refractivity contribution >= 4 is 11.9 Å². The van der Waals surface area contributed by atoms with Gasteiger partial charge in [0.1, 0.15) is 17.3 Å². The van der Waals surface area contributed by atoms with Crippen LogP contribution in [0.4, 0.5) is 4.79 Å². The lowest BCUT2D eigenvalue weighted by molar-refractivity contribution is -0.938. The molecule has 2 aliphatic heterocycles. The second-order valence-corrected chi connectivity index (χ2v) is 9.17. The second kappa shape index (κ2) is 8.34. The molecular formula is C23H34N3O3+. The SMILES string of the molecule is COc1ccc([C@@H]2CCCCC[NH+]2CN2C(=O)NC3(CCC(C)CC3)C2=O)cc1. The van der Waals surface area contributed by atoms with Crippen LogP contribution in [0.5, 0.6) is 5.75 Å². The molecule has 1 spiro atoms. The predicted molar refractivity (Wildman–Crippen MR) is 111 cm³/mol. The number of nitrogens with one attached hydrogen (secondary N) is 2. The molecule has 0 radical (unpaired) electrons. The van der Waals surface area contributed by atoms with Gasteiger partial charge in [-0.15, -0.1) is 0 Å². The molecule has 3 aliphatic rings. The summed E-state index contributed by atoms with van der Waals surface area (Å²) in [6.07, 6.45) is 8.15.